The molecule has 5 heteroatoms. The Morgan fingerprint density at radius 2 is 2.15 bits per heavy atom. The summed E-state index contributed by atoms with van der Waals surface area (Å²) >= 11 is 0. The third-order valence-electron chi connectivity index (χ3n) is 3.41. The number of aromatic amines is 1. The number of aryl methyl sites for hydroxylation is 1. The first kappa shape index (κ1) is 12.9. The summed E-state index contributed by atoms with van der Waals surface area (Å²) in [5, 5.41) is 9.90. The fraction of sp³-hybridized carbons (Fsp3) is 0.333. The van der Waals surface area contributed by atoms with Gasteiger partial charge in [0.25, 0.3) is 5.91 Å². The molecule has 0 saturated heterocycles. The minimum atomic E-state index is -0.165. The molecular formula is C15H17N3O2. The maximum Gasteiger partial charge on any atom is 0.251 e. The van der Waals surface area contributed by atoms with Gasteiger partial charge in [0.2, 0.25) is 0 Å². The minimum absolute atomic E-state index is 0.0382. The zero-order valence-corrected chi connectivity index (χ0v) is 11.2. The summed E-state index contributed by atoms with van der Waals surface area (Å²) in [6.45, 7) is 0.476. The second-order valence-corrected chi connectivity index (χ2v) is 4.91. The largest absolute Gasteiger partial charge is 0.367 e. The molecule has 104 valence electrons. The van der Waals surface area contributed by atoms with E-state index in [4.69, 9.17) is 4.74 Å². The van der Waals surface area contributed by atoms with Gasteiger partial charge >= 0.3 is 0 Å². The molecule has 1 aromatic heterocycles. The van der Waals surface area contributed by atoms with Crippen LogP contribution in [0.5, 0.6) is 0 Å². The number of carbonyl (C=O) groups excluding carboxylic acids is 1. The first-order valence-corrected chi connectivity index (χ1v) is 6.80. The van der Waals surface area contributed by atoms with Gasteiger partial charge < -0.3 is 10.1 Å². The monoisotopic (exact) mass is 271 g/mol. The third-order valence-corrected chi connectivity index (χ3v) is 3.41. The lowest BCUT2D eigenvalue weighted by Gasteiger charge is -2.05. The van der Waals surface area contributed by atoms with Crippen molar-refractivity contribution in [3.63, 3.8) is 0 Å². The standard InChI is InChI=1S/C15H17N3O2/c19-14(10-20-9-11-5-2-1-3-6-11)16-15-12-7-4-8-13(12)17-18-15/h1-3,5-6H,4,7-10H2,(H2,16,17,18,19). The quantitative estimate of drug-likeness (QED) is 0.874. The fourth-order valence-electron chi connectivity index (χ4n) is 2.43. The van der Waals surface area contributed by atoms with Crippen LogP contribution in [0.3, 0.4) is 0 Å². The Morgan fingerprint density at radius 1 is 1.30 bits per heavy atom. The highest BCUT2D eigenvalue weighted by atomic mass is 16.5. The van der Waals surface area contributed by atoms with E-state index in [9.17, 15) is 4.79 Å². The Morgan fingerprint density at radius 3 is 3.00 bits per heavy atom. The van der Waals surface area contributed by atoms with E-state index in [1.807, 2.05) is 30.3 Å². The van der Waals surface area contributed by atoms with Crippen molar-refractivity contribution in [2.75, 3.05) is 11.9 Å². The van der Waals surface area contributed by atoms with Crippen LogP contribution in [-0.2, 0) is 29.0 Å². The molecule has 0 saturated carbocycles. The summed E-state index contributed by atoms with van der Waals surface area (Å²) in [6, 6.07) is 9.79. The molecule has 20 heavy (non-hydrogen) atoms. The number of benzene rings is 1. The topological polar surface area (TPSA) is 67.0 Å². The Hall–Kier alpha value is -2.14. The van der Waals surface area contributed by atoms with Crippen molar-refractivity contribution >= 4 is 11.7 Å². The van der Waals surface area contributed by atoms with Gasteiger partial charge in [-0.25, -0.2) is 0 Å². The van der Waals surface area contributed by atoms with E-state index in [1.54, 1.807) is 0 Å². The van der Waals surface area contributed by atoms with Crippen LogP contribution in [-0.4, -0.2) is 22.7 Å². The first-order chi connectivity index (χ1) is 9.83. The highest BCUT2D eigenvalue weighted by Gasteiger charge is 2.19. The number of ether oxygens (including phenoxy) is 1. The average molecular weight is 271 g/mol. The summed E-state index contributed by atoms with van der Waals surface area (Å²) in [4.78, 5) is 11.8. The maximum atomic E-state index is 11.8. The molecule has 5 nitrogen and oxygen atoms in total. The molecule has 2 N–H and O–H groups in total. The molecule has 1 amide bonds. The second kappa shape index (κ2) is 5.88. The molecule has 0 spiro atoms. The van der Waals surface area contributed by atoms with Crippen molar-refractivity contribution in [1.29, 1.82) is 0 Å². The number of fused-ring (bicyclic) bond motifs is 1. The molecule has 0 radical (unpaired) electrons. The van der Waals surface area contributed by atoms with Crippen LogP contribution in [0.1, 0.15) is 23.2 Å². The van der Waals surface area contributed by atoms with Crippen LogP contribution in [0.2, 0.25) is 0 Å². The van der Waals surface area contributed by atoms with Gasteiger partial charge in [-0.1, -0.05) is 30.3 Å². The summed E-state index contributed by atoms with van der Waals surface area (Å²) in [7, 11) is 0. The smallest absolute Gasteiger partial charge is 0.251 e. The van der Waals surface area contributed by atoms with Crippen molar-refractivity contribution in [1.82, 2.24) is 10.2 Å². The van der Waals surface area contributed by atoms with Crippen molar-refractivity contribution < 1.29 is 9.53 Å². The van der Waals surface area contributed by atoms with E-state index in [2.05, 4.69) is 15.5 Å². The predicted molar refractivity (Wildman–Crippen MR) is 75.3 cm³/mol. The van der Waals surface area contributed by atoms with Gasteiger partial charge in [-0.2, -0.15) is 5.10 Å². The molecule has 0 unspecified atom stereocenters. The van der Waals surface area contributed by atoms with Gasteiger partial charge in [-0.3, -0.25) is 9.89 Å². The Kier molecular flexibility index (Phi) is 3.78. The molecule has 1 heterocycles. The lowest BCUT2D eigenvalue weighted by Crippen LogP contribution is -2.19. The number of H-pyrrole nitrogens is 1. The number of rotatable bonds is 5. The fourth-order valence-corrected chi connectivity index (χ4v) is 2.43. The molecular weight excluding hydrogens is 254 g/mol. The van der Waals surface area contributed by atoms with Crippen molar-refractivity contribution in [3.05, 3.63) is 47.2 Å². The molecule has 3 rings (SSSR count). The number of carbonyl (C=O) groups is 1. The minimum Gasteiger partial charge on any atom is -0.367 e. The third kappa shape index (κ3) is 2.88. The van der Waals surface area contributed by atoms with E-state index in [-0.39, 0.29) is 12.5 Å². The number of hydrogen-bond donors (Lipinski definition) is 2. The summed E-state index contributed by atoms with van der Waals surface area (Å²) in [6.07, 6.45) is 3.12. The number of hydrogen-bond acceptors (Lipinski definition) is 3. The predicted octanol–water partition coefficient (Wildman–Crippen LogP) is 2.05. The SMILES string of the molecule is O=C(COCc1ccccc1)Nc1n[nH]c2c1CCC2. The van der Waals surface area contributed by atoms with Crippen LogP contribution in [0, 0.1) is 0 Å². The molecule has 0 aliphatic heterocycles. The lowest BCUT2D eigenvalue weighted by molar-refractivity contribution is -0.121. The number of nitrogens with one attached hydrogen (secondary N) is 2. The Labute approximate surface area is 117 Å². The summed E-state index contributed by atoms with van der Waals surface area (Å²) in [5.74, 6) is 0.493. The van der Waals surface area contributed by atoms with E-state index in [0.29, 0.717) is 12.4 Å². The van der Waals surface area contributed by atoms with Crippen LogP contribution in [0.15, 0.2) is 30.3 Å². The number of anilines is 1. The van der Waals surface area contributed by atoms with Gasteiger partial charge in [0.15, 0.2) is 5.82 Å². The van der Waals surface area contributed by atoms with E-state index < -0.39 is 0 Å². The van der Waals surface area contributed by atoms with Crippen LogP contribution in [0.25, 0.3) is 0 Å². The maximum absolute atomic E-state index is 11.8. The molecule has 1 aliphatic carbocycles. The molecule has 0 atom stereocenters. The van der Waals surface area contributed by atoms with Gasteiger partial charge in [-0.05, 0) is 24.8 Å². The zero-order valence-electron chi connectivity index (χ0n) is 11.2. The van der Waals surface area contributed by atoms with E-state index in [1.165, 1.54) is 0 Å². The van der Waals surface area contributed by atoms with E-state index >= 15 is 0 Å². The number of nitrogens with zero attached hydrogens (tertiary/aromatic N) is 1. The van der Waals surface area contributed by atoms with Crippen LogP contribution < -0.4 is 5.32 Å². The summed E-state index contributed by atoms with van der Waals surface area (Å²) in [5.41, 5.74) is 3.34. The summed E-state index contributed by atoms with van der Waals surface area (Å²) < 4.78 is 5.40. The van der Waals surface area contributed by atoms with Crippen LogP contribution in [0.4, 0.5) is 5.82 Å². The Balaban J connectivity index is 1.48. The van der Waals surface area contributed by atoms with Crippen LogP contribution >= 0.6 is 0 Å². The van der Waals surface area contributed by atoms with Crippen molar-refractivity contribution in [3.8, 4) is 0 Å². The van der Waals surface area contributed by atoms with Gasteiger partial charge in [0.1, 0.15) is 6.61 Å². The number of amides is 1. The molecule has 0 fully saturated rings. The van der Waals surface area contributed by atoms with Gasteiger partial charge in [-0.15, -0.1) is 0 Å². The van der Waals surface area contributed by atoms with Gasteiger partial charge in [0.05, 0.1) is 6.61 Å². The van der Waals surface area contributed by atoms with Crippen molar-refractivity contribution in [2.45, 2.75) is 25.9 Å². The molecule has 1 aromatic carbocycles. The zero-order chi connectivity index (χ0) is 13.8. The highest BCUT2D eigenvalue weighted by molar-refractivity contribution is 5.91. The van der Waals surface area contributed by atoms with E-state index in [0.717, 1.165) is 36.1 Å². The average Bonchev–Trinajstić information content (AvgIpc) is 3.05. The molecule has 2 aromatic rings. The Bertz CT molecular complexity index is 592. The lowest BCUT2D eigenvalue weighted by atomic mass is 10.2. The molecule has 0 bridgehead atoms. The van der Waals surface area contributed by atoms with Gasteiger partial charge in [0, 0.05) is 11.3 Å². The normalized spacial score (nSPS) is 13.2. The highest BCUT2D eigenvalue weighted by Crippen LogP contribution is 2.25. The first-order valence-electron chi connectivity index (χ1n) is 6.80. The molecule has 1 aliphatic rings. The second-order valence-electron chi connectivity index (χ2n) is 4.91. The number of aromatic nitrogens is 2. The van der Waals surface area contributed by atoms with Crippen molar-refractivity contribution in [2.24, 2.45) is 0 Å².